The van der Waals surface area contributed by atoms with Gasteiger partial charge in [-0.2, -0.15) is 0 Å². The molecule has 0 aromatic heterocycles. The Balaban J connectivity index is 0.00000300. The van der Waals surface area contributed by atoms with Crippen LogP contribution < -0.4 is 15.0 Å². The zero-order valence-electron chi connectivity index (χ0n) is 17.6. The standard InChI is InChI=1S/C21H34N4O3.HI/c1-22-21(23-10-6-15-27-17-18-7-5-16-28-18)25-13-11-24(12-14-25)19-8-3-4-9-20(19)26-2;/h3-4,8-9,18H,5-7,10-17H2,1-2H3,(H,22,23);1H. The summed E-state index contributed by atoms with van der Waals surface area (Å²) in [5.74, 6) is 1.90. The molecule has 8 heteroatoms. The van der Waals surface area contributed by atoms with E-state index in [0.717, 1.165) is 89.2 Å². The van der Waals surface area contributed by atoms with Gasteiger partial charge in [-0.05, 0) is 31.4 Å². The summed E-state index contributed by atoms with van der Waals surface area (Å²) in [6.45, 7) is 7.00. The number of para-hydroxylation sites is 2. The molecule has 1 aromatic rings. The van der Waals surface area contributed by atoms with E-state index < -0.39 is 0 Å². The number of nitrogens with one attached hydrogen (secondary N) is 1. The van der Waals surface area contributed by atoms with E-state index in [1.54, 1.807) is 7.11 Å². The van der Waals surface area contributed by atoms with Gasteiger partial charge in [-0.1, -0.05) is 12.1 Å². The van der Waals surface area contributed by atoms with Crippen molar-refractivity contribution in [3.8, 4) is 5.75 Å². The topological polar surface area (TPSA) is 58.6 Å². The van der Waals surface area contributed by atoms with E-state index in [-0.39, 0.29) is 24.0 Å². The largest absolute Gasteiger partial charge is 0.495 e. The van der Waals surface area contributed by atoms with Crippen molar-refractivity contribution in [1.82, 2.24) is 10.2 Å². The average molecular weight is 518 g/mol. The smallest absolute Gasteiger partial charge is 0.193 e. The van der Waals surface area contributed by atoms with E-state index >= 15 is 0 Å². The molecule has 0 spiro atoms. The van der Waals surface area contributed by atoms with Crippen molar-refractivity contribution < 1.29 is 14.2 Å². The van der Waals surface area contributed by atoms with Crippen molar-refractivity contribution in [2.45, 2.75) is 25.4 Å². The first kappa shape index (κ1) is 24.0. The second-order valence-electron chi connectivity index (χ2n) is 7.18. The second kappa shape index (κ2) is 13.1. The van der Waals surface area contributed by atoms with Crippen LogP contribution in [0, 0.1) is 0 Å². The molecule has 29 heavy (non-hydrogen) atoms. The number of ether oxygens (including phenoxy) is 3. The molecule has 0 radical (unpaired) electrons. The summed E-state index contributed by atoms with van der Waals surface area (Å²) in [4.78, 5) is 9.15. The number of rotatable bonds is 8. The van der Waals surface area contributed by atoms with Crippen LogP contribution in [0.25, 0.3) is 0 Å². The van der Waals surface area contributed by atoms with Gasteiger partial charge in [-0.3, -0.25) is 4.99 Å². The van der Waals surface area contributed by atoms with Gasteiger partial charge in [0.2, 0.25) is 0 Å². The van der Waals surface area contributed by atoms with E-state index in [1.165, 1.54) is 0 Å². The number of methoxy groups -OCH3 is 1. The van der Waals surface area contributed by atoms with Crippen LogP contribution in [0.1, 0.15) is 19.3 Å². The molecular formula is C21H35IN4O3. The van der Waals surface area contributed by atoms with Crippen molar-refractivity contribution in [1.29, 1.82) is 0 Å². The molecule has 2 aliphatic heterocycles. The molecule has 0 aliphatic carbocycles. The number of guanidine groups is 1. The zero-order chi connectivity index (χ0) is 19.6. The summed E-state index contributed by atoms with van der Waals surface area (Å²) in [5.41, 5.74) is 1.16. The maximum atomic E-state index is 5.73. The van der Waals surface area contributed by atoms with Crippen molar-refractivity contribution in [3.05, 3.63) is 24.3 Å². The van der Waals surface area contributed by atoms with Gasteiger partial charge in [-0.25, -0.2) is 0 Å². The molecule has 1 atom stereocenters. The lowest BCUT2D eigenvalue weighted by atomic mass is 10.2. The molecule has 0 saturated carbocycles. The summed E-state index contributed by atoms with van der Waals surface area (Å²) in [6.07, 6.45) is 3.56. The van der Waals surface area contributed by atoms with Gasteiger partial charge in [0.25, 0.3) is 0 Å². The SMILES string of the molecule is CN=C(NCCCOCC1CCCO1)N1CCN(c2ccccc2OC)CC1.I. The minimum absolute atomic E-state index is 0. The minimum Gasteiger partial charge on any atom is -0.495 e. The number of nitrogens with zero attached hydrogens (tertiary/aromatic N) is 3. The molecule has 2 fully saturated rings. The highest BCUT2D eigenvalue weighted by Crippen LogP contribution is 2.28. The lowest BCUT2D eigenvalue weighted by Crippen LogP contribution is -2.52. The fraction of sp³-hybridized carbons (Fsp3) is 0.667. The monoisotopic (exact) mass is 518 g/mol. The number of hydrogen-bond acceptors (Lipinski definition) is 5. The number of piperazine rings is 1. The Kier molecular flexibility index (Phi) is 10.9. The maximum Gasteiger partial charge on any atom is 0.193 e. The van der Waals surface area contributed by atoms with E-state index in [0.29, 0.717) is 6.10 Å². The molecule has 2 aliphatic rings. The van der Waals surface area contributed by atoms with Gasteiger partial charge in [0, 0.05) is 53.0 Å². The van der Waals surface area contributed by atoms with Gasteiger partial charge < -0.3 is 29.3 Å². The number of hydrogen-bond donors (Lipinski definition) is 1. The van der Waals surface area contributed by atoms with E-state index in [4.69, 9.17) is 14.2 Å². The Morgan fingerprint density at radius 1 is 1.24 bits per heavy atom. The quantitative estimate of drug-likeness (QED) is 0.247. The Morgan fingerprint density at radius 2 is 2.03 bits per heavy atom. The highest BCUT2D eigenvalue weighted by Gasteiger charge is 2.21. The molecule has 3 rings (SSSR count). The maximum absolute atomic E-state index is 5.73. The first-order valence-corrected chi connectivity index (χ1v) is 10.3. The van der Waals surface area contributed by atoms with Crippen LogP contribution in [0.5, 0.6) is 5.75 Å². The fourth-order valence-corrected chi connectivity index (χ4v) is 3.75. The van der Waals surface area contributed by atoms with E-state index in [9.17, 15) is 0 Å². The molecular weight excluding hydrogens is 483 g/mol. The number of aliphatic imine (C=N–C) groups is 1. The number of benzene rings is 1. The van der Waals surface area contributed by atoms with Crippen LogP contribution in [0.15, 0.2) is 29.3 Å². The zero-order valence-corrected chi connectivity index (χ0v) is 20.0. The Hall–Kier alpha value is -1.26. The molecule has 1 N–H and O–H groups in total. The molecule has 1 unspecified atom stereocenters. The summed E-state index contributed by atoms with van der Waals surface area (Å²) in [6, 6.07) is 8.21. The normalized spacial score (nSPS) is 19.8. The van der Waals surface area contributed by atoms with Crippen molar-refractivity contribution >= 4 is 35.6 Å². The van der Waals surface area contributed by atoms with Gasteiger partial charge in [-0.15, -0.1) is 24.0 Å². The molecule has 2 saturated heterocycles. The lowest BCUT2D eigenvalue weighted by molar-refractivity contribution is 0.0168. The molecule has 164 valence electrons. The predicted octanol–water partition coefficient (Wildman–Crippen LogP) is 2.60. The van der Waals surface area contributed by atoms with Gasteiger partial charge >= 0.3 is 0 Å². The highest BCUT2D eigenvalue weighted by atomic mass is 127. The second-order valence-corrected chi connectivity index (χ2v) is 7.18. The number of halogens is 1. The first-order chi connectivity index (χ1) is 13.8. The average Bonchev–Trinajstić information content (AvgIpc) is 3.27. The first-order valence-electron chi connectivity index (χ1n) is 10.3. The van der Waals surface area contributed by atoms with Gasteiger partial charge in [0.15, 0.2) is 5.96 Å². The molecule has 7 nitrogen and oxygen atoms in total. The van der Waals surface area contributed by atoms with Gasteiger partial charge in [0.1, 0.15) is 5.75 Å². The summed E-state index contributed by atoms with van der Waals surface area (Å²) in [5, 5.41) is 3.47. The Labute approximate surface area is 191 Å². The number of anilines is 1. The van der Waals surface area contributed by atoms with Crippen molar-refractivity contribution in [2.24, 2.45) is 4.99 Å². The predicted molar refractivity (Wildman–Crippen MR) is 128 cm³/mol. The van der Waals surface area contributed by atoms with E-state index in [1.807, 2.05) is 19.2 Å². The summed E-state index contributed by atoms with van der Waals surface area (Å²) < 4.78 is 16.8. The van der Waals surface area contributed by atoms with Gasteiger partial charge in [0.05, 0.1) is 25.5 Å². The molecule has 2 heterocycles. The Bertz CT molecular complexity index is 618. The van der Waals surface area contributed by atoms with Crippen LogP contribution in [0.4, 0.5) is 5.69 Å². The third-order valence-electron chi connectivity index (χ3n) is 5.29. The fourth-order valence-electron chi connectivity index (χ4n) is 3.75. The third kappa shape index (κ3) is 7.18. The van der Waals surface area contributed by atoms with Crippen molar-refractivity contribution in [3.63, 3.8) is 0 Å². The van der Waals surface area contributed by atoms with Crippen LogP contribution >= 0.6 is 24.0 Å². The highest BCUT2D eigenvalue weighted by molar-refractivity contribution is 14.0. The van der Waals surface area contributed by atoms with Crippen LogP contribution in [-0.2, 0) is 9.47 Å². The molecule has 0 amide bonds. The third-order valence-corrected chi connectivity index (χ3v) is 5.29. The van der Waals surface area contributed by atoms with E-state index in [2.05, 4.69) is 32.2 Å². The summed E-state index contributed by atoms with van der Waals surface area (Å²) >= 11 is 0. The van der Waals surface area contributed by atoms with Crippen LogP contribution in [0.3, 0.4) is 0 Å². The molecule has 1 aromatic carbocycles. The Morgan fingerprint density at radius 3 is 2.72 bits per heavy atom. The van der Waals surface area contributed by atoms with Crippen LogP contribution in [0.2, 0.25) is 0 Å². The van der Waals surface area contributed by atoms with Crippen molar-refractivity contribution in [2.75, 3.05) is 71.6 Å². The molecule has 0 bridgehead atoms. The van der Waals surface area contributed by atoms with Crippen LogP contribution in [-0.4, -0.2) is 83.7 Å². The minimum atomic E-state index is 0. The summed E-state index contributed by atoms with van der Waals surface area (Å²) in [7, 11) is 3.58. The lowest BCUT2D eigenvalue weighted by Gasteiger charge is -2.38.